The molecule has 0 radical (unpaired) electrons. The van der Waals surface area contributed by atoms with Crippen molar-refractivity contribution in [2.45, 2.75) is 32.7 Å². The maximum atomic E-state index is 5.85. The van der Waals surface area contributed by atoms with Gasteiger partial charge in [-0.15, -0.1) is 0 Å². The maximum Gasteiger partial charge on any atom is 0.136 e. The van der Waals surface area contributed by atoms with E-state index in [0.717, 1.165) is 30.8 Å². The molecule has 0 saturated heterocycles. The van der Waals surface area contributed by atoms with Crippen LogP contribution in [-0.2, 0) is 19.4 Å². The molecule has 3 nitrogen and oxygen atoms in total. The normalized spacial score (nSPS) is 13.0. The highest BCUT2D eigenvalue weighted by molar-refractivity contribution is 7.80. The van der Waals surface area contributed by atoms with E-state index < -0.39 is 0 Å². The Labute approximate surface area is 130 Å². The van der Waals surface area contributed by atoms with Gasteiger partial charge in [-0.05, 0) is 43.4 Å². The topological polar surface area (TPSA) is 50.9 Å². The number of nitrogens with one attached hydrogen (secondary N) is 1. The minimum Gasteiger partial charge on any atom is -0.389 e. The number of aryl methyl sites for hydroxylation is 3. The molecule has 1 aromatic carbocycles. The van der Waals surface area contributed by atoms with Gasteiger partial charge in [0.25, 0.3) is 0 Å². The first kappa shape index (κ1) is 14.0. The van der Waals surface area contributed by atoms with Gasteiger partial charge in [-0.2, -0.15) is 0 Å². The van der Waals surface area contributed by atoms with Crippen molar-refractivity contribution in [2.24, 2.45) is 5.73 Å². The quantitative estimate of drug-likeness (QED) is 0.851. The second kappa shape index (κ2) is 5.82. The van der Waals surface area contributed by atoms with Crippen LogP contribution in [0.25, 0.3) is 0 Å². The summed E-state index contributed by atoms with van der Waals surface area (Å²) in [7, 11) is 0. The van der Waals surface area contributed by atoms with Gasteiger partial charge in [-0.25, -0.2) is 4.98 Å². The highest BCUT2D eigenvalue weighted by Gasteiger charge is 2.17. The van der Waals surface area contributed by atoms with Crippen LogP contribution < -0.4 is 11.1 Å². The number of hydrogen-bond donors (Lipinski definition) is 2. The highest BCUT2D eigenvalue weighted by atomic mass is 32.1. The van der Waals surface area contributed by atoms with Crippen LogP contribution in [0.4, 0.5) is 5.82 Å². The van der Waals surface area contributed by atoms with Gasteiger partial charge in [0.15, 0.2) is 0 Å². The van der Waals surface area contributed by atoms with E-state index >= 15 is 0 Å². The second-order valence-electron chi connectivity index (χ2n) is 5.55. The summed E-state index contributed by atoms with van der Waals surface area (Å²) in [6, 6.07) is 10.6. The third-order valence-electron chi connectivity index (χ3n) is 3.90. The number of benzene rings is 1. The van der Waals surface area contributed by atoms with E-state index in [2.05, 4.69) is 42.6 Å². The summed E-state index contributed by atoms with van der Waals surface area (Å²) < 4.78 is 0. The smallest absolute Gasteiger partial charge is 0.136 e. The average Bonchev–Trinajstić information content (AvgIpc) is 2.92. The number of nitrogens with zero attached hydrogens (tertiary/aromatic N) is 1. The van der Waals surface area contributed by atoms with Crippen molar-refractivity contribution in [1.29, 1.82) is 0 Å². The Morgan fingerprint density at radius 3 is 2.76 bits per heavy atom. The molecular weight excluding hydrogens is 278 g/mol. The first-order valence-electron chi connectivity index (χ1n) is 7.25. The van der Waals surface area contributed by atoms with Gasteiger partial charge >= 0.3 is 0 Å². The van der Waals surface area contributed by atoms with Crippen LogP contribution in [0.5, 0.6) is 0 Å². The predicted octanol–water partition coefficient (Wildman–Crippen LogP) is 3.13. The molecule has 0 spiro atoms. The third-order valence-corrected chi connectivity index (χ3v) is 4.12. The fourth-order valence-electron chi connectivity index (χ4n) is 2.69. The first-order valence-corrected chi connectivity index (χ1v) is 7.66. The number of pyridine rings is 1. The van der Waals surface area contributed by atoms with Gasteiger partial charge in [0.1, 0.15) is 10.8 Å². The zero-order valence-corrected chi connectivity index (χ0v) is 13.0. The lowest BCUT2D eigenvalue weighted by atomic mass is 10.1. The van der Waals surface area contributed by atoms with Crippen LogP contribution in [-0.4, -0.2) is 9.97 Å². The largest absolute Gasteiger partial charge is 0.389 e. The zero-order valence-electron chi connectivity index (χ0n) is 12.1. The molecule has 0 saturated carbocycles. The molecule has 0 aliphatic heterocycles. The predicted molar refractivity (Wildman–Crippen MR) is 90.7 cm³/mol. The Bertz CT molecular complexity index is 677. The van der Waals surface area contributed by atoms with Crippen molar-refractivity contribution in [3.05, 3.63) is 58.3 Å². The van der Waals surface area contributed by atoms with Crippen LogP contribution in [0.15, 0.2) is 30.3 Å². The van der Waals surface area contributed by atoms with Crippen LogP contribution in [0.3, 0.4) is 0 Å². The van der Waals surface area contributed by atoms with Crippen LogP contribution in [0.1, 0.15) is 34.4 Å². The Morgan fingerprint density at radius 1 is 1.29 bits per heavy atom. The second-order valence-corrected chi connectivity index (χ2v) is 5.99. The van der Waals surface area contributed by atoms with Crippen molar-refractivity contribution < 1.29 is 0 Å². The summed E-state index contributed by atoms with van der Waals surface area (Å²) in [5.41, 5.74) is 11.7. The third kappa shape index (κ3) is 3.05. The molecule has 4 heteroatoms. The summed E-state index contributed by atoms with van der Waals surface area (Å²) in [6.07, 6.45) is 3.29. The van der Waals surface area contributed by atoms with Crippen molar-refractivity contribution in [3.8, 4) is 0 Å². The Morgan fingerprint density at radius 2 is 2.05 bits per heavy atom. The monoisotopic (exact) mass is 297 g/mol. The number of hydrogen-bond acceptors (Lipinski definition) is 3. The van der Waals surface area contributed by atoms with Crippen LogP contribution in [0.2, 0.25) is 0 Å². The fraction of sp³-hybridized carbons (Fsp3) is 0.294. The molecule has 3 N–H and O–H groups in total. The van der Waals surface area contributed by atoms with Crippen molar-refractivity contribution in [3.63, 3.8) is 0 Å². The standard InChI is InChI=1S/C17H19N3S/c1-11-5-7-12(8-6-11)10-19-17-14(16(18)21)9-13-3-2-4-15(13)20-17/h5-9H,2-4,10H2,1H3,(H2,18,21)(H,19,20). The van der Waals surface area contributed by atoms with E-state index in [1.165, 1.54) is 28.8 Å². The molecule has 1 aliphatic carbocycles. The molecule has 2 aromatic rings. The minimum absolute atomic E-state index is 0.406. The molecule has 1 heterocycles. The maximum absolute atomic E-state index is 5.85. The number of fused-ring (bicyclic) bond motifs is 1. The molecule has 0 bridgehead atoms. The SMILES string of the molecule is Cc1ccc(CNc2nc3c(cc2C(N)=S)CCC3)cc1. The van der Waals surface area contributed by atoms with Crippen molar-refractivity contribution >= 4 is 23.0 Å². The van der Waals surface area contributed by atoms with Crippen LogP contribution in [0, 0.1) is 6.92 Å². The molecule has 1 aromatic heterocycles. The van der Waals surface area contributed by atoms with E-state index in [1.807, 2.05) is 0 Å². The number of nitrogens with two attached hydrogens (primary N) is 1. The lowest BCUT2D eigenvalue weighted by Gasteiger charge is -2.13. The summed E-state index contributed by atoms with van der Waals surface area (Å²) in [6.45, 7) is 2.81. The van der Waals surface area contributed by atoms with Gasteiger partial charge in [-0.1, -0.05) is 42.0 Å². The zero-order chi connectivity index (χ0) is 14.8. The number of rotatable bonds is 4. The Balaban J connectivity index is 1.84. The van der Waals surface area contributed by atoms with Crippen LogP contribution >= 0.6 is 12.2 Å². The number of anilines is 1. The van der Waals surface area contributed by atoms with E-state index in [0.29, 0.717) is 4.99 Å². The molecule has 3 rings (SSSR count). The lowest BCUT2D eigenvalue weighted by Crippen LogP contribution is -2.15. The van der Waals surface area contributed by atoms with Gasteiger partial charge in [0.2, 0.25) is 0 Å². The van der Waals surface area contributed by atoms with Crippen molar-refractivity contribution in [2.75, 3.05) is 5.32 Å². The molecule has 0 atom stereocenters. The van der Waals surface area contributed by atoms with E-state index in [1.54, 1.807) is 0 Å². The van der Waals surface area contributed by atoms with Gasteiger partial charge < -0.3 is 11.1 Å². The molecule has 21 heavy (non-hydrogen) atoms. The average molecular weight is 297 g/mol. The van der Waals surface area contributed by atoms with E-state index in [-0.39, 0.29) is 0 Å². The molecule has 0 unspecified atom stereocenters. The summed E-state index contributed by atoms with van der Waals surface area (Å²) in [5, 5.41) is 3.38. The molecule has 108 valence electrons. The first-order chi connectivity index (χ1) is 10.1. The molecule has 0 amide bonds. The van der Waals surface area contributed by atoms with E-state index in [4.69, 9.17) is 22.9 Å². The molecule has 0 fully saturated rings. The number of aromatic nitrogens is 1. The van der Waals surface area contributed by atoms with Gasteiger partial charge in [0, 0.05) is 12.2 Å². The lowest BCUT2D eigenvalue weighted by molar-refractivity contribution is 0.899. The Kier molecular flexibility index (Phi) is 3.88. The molecule has 1 aliphatic rings. The molecular formula is C17H19N3S. The highest BCUT2D eigenvalue weighted by Crippen LogP contribution is 2.25. The Hall–Kier alpha value is -1.94. The minimum atomic E-state index is 0.406. The van der Waals surface area contributed by atoms with Gasteiger partial charge in [-0.3, -0.25) is 0 Å². The summed E-state index contributed by atoms with van der Waals surface area (Å²) in [4.78, 5) is 5.13. The van der Waals surface area contributed by atoms with E-state index in [9.17, 15) is 0 Å². The van der Waals surface area contributed by atoms with Gasteiger partial charge in [0.05, 0.1) is 5.56 Å². The fourth-order valence-corrected chi connectivity index (χ4v) is 2.84. The summed E-state index contributed by atoms with van der Waals surface area (Å²) in [5.74, 6) is 0.809. The number of thiocarbonyl (C=S) groups is 1. The van der Waals surface area contributed by atoms with Crippen molar-refractivity contribution in [1.82, 2.24) is 4.98 Å². The summed E-state index contributed by atoms with van der Waals surface area (Å²) >= 11 is 5.17.